The first kappa shape index (κ1) is 30.8. The lowest BCUT2D eigenvalue weighted by molar-refractivity contribution is 0.0218. The van der Waals surface area contributed by atoms with Gasteiger partial charge < -0.3 is 20.4 Å². The van der Waals surface area contributed by atoms with E-state index in [-0.39, 0.29) is 29.6 Å². The number of aromatic amines is 1. The molecule has 2 aliphatic heterocycles. The average Bonchev–Trinajstić information content (AvgIpc) is 3.76. The molecule has 7 heteroatoms. The number of nitrogens with two attached hydrogens (primary N) is 1. The molecule has 2 aliphatic rings. The van der Waals surface area contributed by atoms with E-state index in [1.54, 1.807) is 4.90 Å². The molecule has 1 amide bonds. The topological polar surface area (TPSA) is 87.5 Å². The quantitative estimate of drug-likeness (QED) is 0.222. The average molecular weight is 606 g/mol. The molecule has 4 aromatic rings. The van der Waals surface area contributed by atoms with Gasteiger partial charge in [0.1, 0.15) is 11.4 Å². The standard InChI is InChI=1S/C38H47N5O2/c1-37(2,3)28-15-19-30(20-16-28)43-32(21-22-33(43)27-13-17-29(39)18-14-27)26-11-9-25(10-12-26)31-24-40-35(41-31)34-8-7-23-42(34)36(44)45-38(4,5)6/h9-20,24,32-34H,7-8,21-23,39H2,1-6H3,(H,40,41)/t32-,33-,34-/m0/s1. The number of anilines is 2. The third-order valence-corrected chi connectivity index (χ3v) is 9.14. The molecular formula is C38H47N5O2. The Morgan fingerprint density at radius 3 is 2.00 bits per heavy atom. The maximum absolute atomic E-state index is 12.9. The van der Waals surface area contributed by atoms with Crippen LogP contribution in [0.15, 0.2) is 79.0 Å². The maximum Gasteiger partial charge on any atom is 0.410 e. The van der Waals surface area contributed by atoms with Crippen molar-refractivity contribution in [2.45, 2.75) is 96.4 Å². The van der Waals surface area contributed by atoms with Gasteiger partial charge in [-0.25, -0.2) is 9.78 Å². The lowest BCUT2D eigenvalue weighted by atomic mass is 9.87. The monoisotopic (exact) mass is 605 g/mol. The lowest BCUT2D eigenvalue weighted by Gasteiger charge is -2.34. The van der Waals surface area contributed by atoms with Crippen LogP contribution in [-0.4, -0.2) is 33.1 Å². The molecule has 1 aromatic heterocycles. The molecule has 3 heterocycles. The predicted octanol–water partition coefficient (Wildman–Crippen LogP) is 9.11. The molecule has 0 aliphatic carbocycles. The normalized spacial score (nSPS) is 20.5. The Hall–Kier alpha value is -4.26. The molecule has 45 heavy (non-hydrogen) atoms. The Kier molecular flexibility index (Phi) is 8.14. The van der Waals surface area contributed by atoms with Crippen LogP contribution in [0.5, 0.6) is 0 Å². The van der Waals surface area contributed by atoms with E-state index in [2.05, 4.69) is 91.3 Å². The number of likely N-dealkylation sites (tertiary alicyclic amines) is 1. The number of nitrogen functional groups attached to an aromatic ring is 1. The third kappa shape index (κ3) is 6.58. The SMILES string of the molecule is CC(C)(C)OC(=O)N1CCC[C@H]1c1ncc(-c2ccc([C@@H]3CC[C@@H](c4ccc(N)cc4)N3c3ccc(C(C)(C)C)cc3)cc2)[nH]1. The van der Waals surface area contributed by atoms with Crippen LogP contribution in [0.1, 0.15) is 108 Å². The fourth-order valence-corrected chi connectivity index (χ4v) is 6.80. The Labute approximate surface area is 267 Å². The molecule has 3 aromatic carbocycles. The highest BCUT2D eigenvalue weighted by molar-refractivity contribution is 5.69. The van der Waals surface area contributed by atoms with E-state index in [1.165, 1.54) is 22.4 Å². The highest BCUT2D eigenvalue weighted by atomic mass is 16.6. The minimum Gasteiger partial charge on any atom is -0.444 e. The summed E-state index contributed by atoms with van der Waals surface area (Å²) in [6.45, 7) is 13.1. The summed E-state index contributed by atoms with van der Waals surface area (Å²) in [5, 5.41) is 0. The van der Waals surface area contributed by atoms with Gasteiger partial charge >= 0.3 is 6.09 Å². The van der Waals surface area contributed by atoms with Crippen molar-refractivity contribution >= 4 is 17.5 Å². The van der Waals surface area contributed by atoms with Crippen molar-refractivity contribution in [2.75, 3.05) is 17.2 Å². The minimum atomic E-state index is -0.528. The Morgan fingerprint density at radius 1 is 0.822 bits per heavy atom. The van der Waals surface area contributed by atoms with Crippen molar-refractivity contribution in [2.24, 2.45) is 0 Å². The van der Waals surface area contributed by atoms with E-state index in [1.807, 2.05) is 39.1 Å². The number of H-pyrrole nitrogens is 1. The van der Waals surface area contributed by atoms with E-state index in [0.29, 0.717) is 6.54 Å². The van der Waals surface area contributed by atoms with E-state index >= 15 is 0 Å². The van der Waals surface area contributed by atoms with Crippen LogP contribution in [0.2, 0.25) is 0 Å². The molecular weight excluding hydrogens is 558 g/mol. The summed E-state index contributed by atoms with van der Waals surface area (Å²) in [6, 6.07) is 26.8. The van der Waals surface area contributed by atoms with Gasteiger partial charge in [0.05, 0.1) is 30.0 Å². The smallest absolute Gasteiger partial charge is 0.410 e. The first-order valence-electron chi connectivity index (χ1n) is 16.3. The molecule has 0 bridgehead atoms. The molecule has 0 unspecified atom stereocenters. The predicted molar refractivity (Wildman–Crippen MR) is 182 cm³/mol. The molecule has 0 saturated carbocycles. The van der Waals surface area contributed by atoms with Gasteiger partial charge in [0.15, 0.2) is 0 Å². The summed E-state index contributed by atoms with van der Waals surface area (Å²) in [5.41, 5.74) is 13.6. The van der Waals surface area contributed by atoms with E-state index in [9.17, 15) is 4.79 Å². The van der Waals surface area contributed by atoms with Crippen molar-refractivity contribution < 1.29 is 9.53 Å². The van der Waals surface area contributed by atoms with Gasteiger partial charge in [-0.15, -0.1) is 0 Å². The number of benzene rings is 3. The number of aromatic nitrogens is 2. The maximum atomic E-state index is 12.9. The zero-order chi connectivity index (χ0) is 31.9. The van der Waals surface area contributed by atoms with Crippen molar-refractivity contribution in [1.29, 1.82) is 0 Å². The summed E-state index contributed by atoms with van der Waals surface area (Å²) >= 11 is 0. The molecule has 0 radical (unpaired) electrons. The fraction of sp³-hybridized carbons (Fsp3) is 0.421. The molecule has 3 atom stereocenters. The number of imidazole rings is 1. The van der Waals surface area contributed by atoms with Crippen LogP contribution in [0.4, 0.5) is 16.2 Å². The number of nitrogens with one attached hydrogen (secondary N) is 1. The van der Waals surface area contributed by atoms with Gasteiger partial charge in [-0.05, 0) is 98.4 Å². The van der Waals surface area contributed by atoms with E-state index in [4.69, 9.17) is 15.5 Å². The number of rotatable bonds is 5. The Balaban J connectivity index is 1.24. The van der Waals surface area contributed by atoms with Gasteiger partial charge in [0.2, 0.25) is 0 Å². The summed E-state index contributed by atoms with van der Waals surface area (Å²) in [7, 11) is 0. The zero-order valence-corrected chi connectivity index (χ0v) is 27.5. The van der Waals surface area contributed by atoms with Gasteiger partial charge in [-0.3, -0.25) is 4.90 Å². The lowest BCUT2D eigenvalue weighted by Crippen LogP contribution is -2.36. The summed E-state index contributed by atoms with van der Waals surface area (Å²) in [5.74, 6) is 0.810. The van der Waals surface area contributed by atoms with E-state index in [0.717, 1.165) is 48.5 Å². The van der Waals surface area contributed by atoms with Crippen molar-refractivity contribution in [3.05, 3.63) is 102 Å². The van der Waals surface area contributed by atoms with E-state index < -0.39 is 5.60 Å². The molecule has 0 spiro atoms. The van der Waals surface area contributed by atoms with Crippen LogP contribution >= 0.6 is 0 Å². The number of amides is 1. The number of carbonyl (C=O) groups excluding carboxylic acids is 1. The summed E-state index contributed by atoms with van der Waals surface area (Å²) < 4.78 is 5.66. The second kappa shape index (κ2) is 11.9. The Morgan fingerprint density at radius 2 is 1.42 bits per heavy atom. The second-order valence-electron chi connectivity index (χ2n) is 14.6. The van der Waals surface area contributed by atoms with Crippen LogP contribution < -0.4 is 10.6 Å². The highest BCUT2D eigenvalue weighted by Gasteiger charge is 2.37. The molecule has 236 valence electrons. The van der Waals surface area contributed by atoms with Crippen molar-refractivity contribution in [1.82, 2.24) is 14.9 Å². The van der Waals surface area contributed by atoms with Crippen molar-refractivity contribution in [3.8, 4) is 11.3 Å². The van der Waals surface area contributed by atoms with Crippen LogP contribution in [0.3, 0.4) is 0 Å². The van der Waals surface area contributed by atoms with Gasteiger partial charge in [0.25, 0.3) is 0 Å². The Bertz CT molecular complexity index is 1610. The molecule has 2 saturated heterocycles. The molecule has 6 rings (SSSR count). The second-order valence-corrected chi connectivity index (χ2v) is 14.6. The number of nitrogens with zero attached hydrogens (tertiary/aromatic N) is 3. The highest BCUT2D eigenvalue weighted by Crippen LogP contribution is 2.47. The van der Waals surface area contributed by atoms with Gasteiger partial charge in [-0.1, -0.05) is 69.3 Å². The largest absolute Gasteiger partial charge is 0.444 e. The molecule has 3 N–H and O–H groups in total. The summed E-state index contributed by atoms with van der Waals surface area (Å²) in [6.07, 6.45) is 5.53. The first-order valence-corrected chi connectivity index (χ1v) is 16.3. The fourth-order valence-electron chi connectivity index (χ4n) is 6.80. The number of hydrogen-bond donors (Lipinski definition) is 2. The third-order valence-electron chi connectivity index (χ3n) is 9.14. The van der Waals surface area contributed by atoms with Gasteiger partial charge in [0, 0.05) is 17.9 Å². The van der Waals surface area contributed by atoms with Crippen molar-refractivity contribution in [3.63, 3.8) is 0 Å². The number of hydrogen-bond acceptors (Lipinski definition) is 5. The van der Waals surface area contributed by atoms with Crippen LogP contribution in [0, 0.1) is 0 Å². The number of ether oxygens (including phenoxy) is 1. The van der Waals surface area contributed by atoms with Crippen LogP contribution in [0.25, 0.3) is 11.3 Å². The number of carbonyl (C=O) groups is 1. The molecule has 7 nitrogen and oxygen atoms in total. The van der Waals surface area contributed by atoms with Crippen LogP contribution in [-0.2, 0) is 10.2 Å². The zero-order valence-electron chi connectivity index (χ0n) is 27.5. The minimum absolute atomic E-state index is 0.102. The van der Waals surface area contributed by atoms with Gasteiger partial charge in [-0.2, -0.15) is 0 Å². The first-order chi connectivity index (χ1) is 21.4. The molecule has 2 fully saturated rings. The summed E-state index contributed by atoms with van der Waals surface area (Å²) in [4.78, 5) is 25.5.